The maximum absolute atomic E-state index is 12.7. The van der Waals surface area contributed by atoms with Gasteiger partial charge in [0.2, 0.25) is 0 Å². The number of fused-ring (bicyclic) bond motifs is 1. The van der Waals surface area contributed by atoms with Crippen LogP contribution in [0.1, 0.15) is 5.56 Å². The fourth-order valence-electron chi connectivity index (χ4n) is 3.11. The highest BCUT2D eigenvalue weighted by Gasteiger charge is 2.35. The molecular weight excluding hydrogens is 396 g/mol. The Bertz CT molecular complexity index is 1090. The molecule has 0 bridgehead atoms. The number of hydrogen-bond donors (Lipinski definition) is 0. The number of rotatable bonds is 5. The van der Waals surface area contributed by atoms with Crippen molar-refractivity contribution in [2.45, 2.75) is 0 Å². The van der Waals surface area contributed by atoms with Crippen molar-refractivity contribution in [1.29, 1.82) is 0 Å². The molecule has 1 saturated heterocycles. The van der Waals surface area contributed by atoms with Gasteiger partial charge >= 0.3 is 0 Å². The standard InChI is InChI=1S/C21H17ClN2O3S/c1-23-13-14(17-4-2-3-5-18(17)23)12-19-20(25)24(21(26)28-19)10-11-27-16-8-6-15(22)7-9-16/h2-9,12-13H,10-11H2,1H3/b19-12-. The summed E-state index contributed by atoms with van der Waals surface area (Å²) in [5.74, 6) is 0.352. The second-order valence-electron chi connectivity index (χ2n) is 6.35. The Kier molecular flexibility index (Phi) is 5.15. The first-order valence-corrected chi connectivity index (χ1v) is 9.90. The number of carbonyl (C=O) groups excluding carboxylic acids is 2. The Morgan fingerprint density at radius 2 is 1.86 bits per heavy atom. The zero-order chi connectivity index (χ0) is 19.7. The molecule has 0 spiro atoms. The van der Waals surface area contributed by atoms with Gasteiger partial charge in [0.15, 0.2) is 0 Å². The van der Waals surface area contributed by atoms with Gasteiger partial charge in [0.1, 0.15) is 12.4 Å². The molecule has 2 heterocycles. The van der Waals surface area contributed by atoms with Crippen molar-refractivity contribution in [2.75, 3.05) is 13.2 Å². The molecule has 2 amide bonds. The molecule has 0 aliphatic carbocycles. The summed E-state index contributed by atoms with van der Waals surface area (Å²) in [4.78, 5) is 26.6. The predicted molar refractivity (Wildman–Crippen MR) is 113 cm³/mol. The van der Waals surface area contributed by atoms with E-state index >= 15 is 0 Å². The van der Waals surface area contributed by atoms with E-state index in [2.05, 4.69) is 0 Å². The molecule has 7 heteroatoms. The van der Waals surface area contributed by atoms with E-state index in [1.807, 2.05) is 42.1 Å². The highest BCUT2D eigenvalue weighted by molar-refractivity contribution is 8.18. The number of hydrogen-bond acceptors (Lipinski definition) is 4. The van der Waals surface area contributed by atoms with E-state index < -0.39 is 0 Å². The number of ether oxygens (including phenoxy) is 1. The van der Waals surface area contributed by atoms with Crippen molar-refractivity contribution in [1.82, 2.24) is 9.47 Å². The molecule has 1 aliphatic rings. The van der Waals surface area contributed by atoms with Crippen LogP contribution in [0, 0.1) is 0 Å². The molecule has 0 atom stereocenters. The highest BCUT2D eigenvalue weighted by Crippen LogP contribution is 2.33. The topological polar surface area (TPSA) is 51.5 Å². The van der Waals surface area contributed by atoms with Crippen LogP contribution in [0.4, 0.5) is 4.79 Å². The van der Waals surface area contributed by atoms with E-state index in [0.717, 1.165) is 28.2 Å². The van der Waals surface area contributed by atoms with Gasteiger partial charge in [0.25, 0.3) is 11.1 Å². The molecule has 28 heavy (non-hydrogen) atoms. The van der Waals surface area contributed by atoms with Gasteiger partial charge in [-0.25, -0.2) is 0 Å². The van der Waals surface area contributed by atoms with Crippen LogP contribution in [0.5, 0.6) is 5.75 Å². The van der Waals surface area contributed by atoms with Gasteiger partial charge in [0, 0.05) is 34.7 Å². The third kappa shape index (κ3) is 3.66. The molecule has 1 aliphatic heterocycles. The summed E-state index contributed by atoms with van der Waals surface area (Å²) in [6.45, 7) is 0.418. The van der Waals surface area contributed by atoms with Crippen molar-refractivity contribution in [3.8, 4) is 5.75 Å². The maximum atomic E-state index is 12.7. The molecule has 0 radical (unpaired) electrons. The molecule has 1 aromatic heterocycles. The number of thioether (sulfide) groups is 1. The van der Waals surface area contributed by atoms with Gasteiger partial charge in [-0.15, -0.1) is 0 Å². The number of carbonyl (C=O) groups is 2. The summed E-state index contributed by atoms with van der Waals surface area (Å²) >= 11 is 6.80. The minimum Gasteiger partial charge on any atom is -0.492 e. The van der Waals surface area contributed by atoms with Crippen LogP contribution >= 0.6 is 23.4 Å². The molecule has 0 N–H and O–H groups in total. The predicted octanol–water partition coefficient (Wildman–Crippen LogP) is 4.95. The zero-order valence-corrected chi connectivity index (χ0v) is 16.7. The summed E-state index contributed by atoms with van der Waals surface area (Å²) in [7, 11) is 1.96. The van der Waals surface area contributed by atoms with E-state index in [9.17, 15) is 9.59 Å². The maximum Gasteiger partial charge on any atom is 0.293 e. The average molecular weight is 413 g/mol. The minimum atomic E-state index is -0.289. The Hall–Kier alpha value is -2.70. The van der Waals surface area contributed by atoms with Crippen molar-refractivity contribution in [3.63, 3.8) is 0 Å². The Labute approximate surface area is 171 Å². The molecule has 2 aromatic carbocycles. The van der Waals surface area contributed by atoms with Crippen molar-refractivity contribution < 1.29 is 14.3 Å². The number of halogens is 1. The summed E-state index contributed by atoms with van der Waals surface area (Å²) < 4.78 is 7.60. The molecule has 3 aromatic rings. The van der Waals surface area contributed by atoms with E-state index in [0.29, 0.717) is 15.7 Å². The monoisotopic (exact) mass is 412 g/mol. The Balaban J connectivity index is 1.47. The molecule has 0 saturated carbocycles. The van der Waals surface area contributed by atoms with Crippen molar-refractivity contribution in [2.24, 2.45) is 7.05 Å². The van der Waals surface area contributed by atoms with Crippen LogP contribution in [-0.4, -0.2) is 33.8 Å². The third-order valence-corrected chi connectivity index (χ3v) is 5.64. The van der Waals surface area contributed by atoms with Crippen molar-refractivity contribution >= 4 is 51.5 Å². The minimum absolute atomic E-state index is 0.195. The van der Waals surface area contributed by atoms with E-state index in [1.54, 1.807) is 30.3 Å². The van der Waals surface area contributed by atoms with E-state index in [1.165, 1.54) is 4.90 Å². The SMILES string of the molecule is Cn1cc(/C=C2\SC(=O)N(CCOc3ccc(Cl)cc3)C2=O)c2ccccc21. The van der Waals surface area contributed by atoms with E-state index in [4.69, 9.17) is 16.3 Å². The lowest BCUT2D eigenvalue weighted by Gasteiger charge is -2.13. The molecule has 0 unspecified atom stereocenters. The van der Waals surface area contributed by atoms with Crippen LogP contribution in [0.15, 0.2) is 59.6 Å². The zero-order valence-electron chi connectivity index (χ0n) is 15.1. The lowest BCUT2D eigenvalue weighted by atomic mass is 10.1. The fourth-order valence-corrected chi connectivity index (χ4v) is 4.09. The second kappa shape index (κ2) is 7.73. The van der Waals surface area contributed by atoms with Crippen LogP contribution in [0.25, 0.3) is 17.0 Å². The van der Waals surface area contributed by atoms with Crippen LogP contribution in [0.2, 0.25) is 5.02 Å². The first-order valence-electron chi connectivity index (χ1n) is 8.71. The van der Waals surface area contributed by atoms with Gasteiger partial charge in [0.05, 0.1) is 11.4 Å². The first kappa shape index (κ1) is 18.7. The second-order valence-corrected chi connectivity index (χ2v) is 7.78. The van der Waals surface area contributed by atoms with Crippen LogP contribution in [-0.2, 0) is 11.8 Å². The van der Waals surface area contributed by atoms with Gasteiger partial charge in [-0.2, -0.15) is 0 Å². The van der Waals surface area contributed by atoms with Gasteiger partial charge < -0.3 is 9.30 Å². The number of para-hydroxylation sites is 1. The average Bonchev–Trinajstić information content (AvgIpc) is 3.15. The summed E-state index contributed by atoms with van der Waals surface area (Å²) in [6.07, 6.45) is 3.75. The molecule has 1 fully saturated rings. The van der Waals surface area contributed by atoms with Gasteiger partial charge in [-0.3, -0.25) is 14.5 Å². The van der Waals surface area contributed by atoms with E-state index in [-0.39, 0.29) is 24.3 Å². The molecular formula is C21H17ClN2O3S. The number of benzene rings is 2. The summed E-state index contributed by atoms with van der Waals surface area (Å²) in [6, 6.07) is 14.9. The number of aromatic nitrogens is 1. The summed E-state index contributed by atoms with van der Waals surface area (Å²) in [5.41, 5.74) is 1.99. The largest absolute Gasteiger partial charge is 0.492 e. The molecule has 142 valence electrons. The normalized spacial score (nSPS) is 15.8. The number of aryl methyl sites for hydroxylation is 1. The summed E-state index contributed by atoms with van der Waals surface area (Å²) in [5, 5.41) is 1.39. The lowest BCUT2D eigenvalue weighted by Crippen LogP contribution is -2.32. The van der Waals surface area contributed by atoms with Crippen LogP contribution < -0.4 is 4.74 Å². The Morgan fingerprint density at radius 1 is 1.11 bits per heavy atom. The number of nitrogens with zero attached hydrogens (tertiary/aromatic N) is 2. The van der Waals surface area contributed by atoms with Crippen LogP contribution in [0.3, 0.4) is 0 Å². The molecule has 4 rings (SSSR count). The first-order chi connectivity index (χ1) is 13.5. The fraction of sp³-hybridized carbons (Fsp3) is 0.143. The lowest BCUT2D eigenvalue weighted by molar-refractivity contribution is -0.123. The van der Waals surface area contributed by atoms with Gasteiger partial charge in [-0.05, 0) is 48.2 Å². The number of amides is 2. The number of imide groups is 1. The molecule has 5 nitrogen and oxygen atoms in total. The quantitative estimate of drug-likeness (QED) is 0.556. The Morgan fingerprint density at radius 3 is 2.64 bits per heavy atom. The smallest absolute Gasteiger partial charge is 0.293 e. The third-order valence-electron chi connectivity index (χ3n) is 4.49. The van der Waals surface area contributed by atoms with Crippen molar-refractivity contribution in [3.05, 3.63) is 70.2 Å². The van der Waals surface area contributed by atoms with Gasteiger partial charge in [-0.1, -0.05) is 29.8 Å². The highest BCUT2D eigenvalue weighted by atomic mass is 35.5.